The molecule has 5 heteroatoms. The van der Waals surface area contributed by atoms with E-state index in [1.807, 2.05) is 0 Å². The Morgan fingerprint density at radius 3 is 2.11 bits per heavy atom. The molecule has 0 aromatic rings. The summed E-state index contributed by atoms with van der Waals surface area (Å²) < 4.78 is 3.70. The second kappa shape index (κ2) is 11.4. The second-order valence-electron chi connectivity index (χ2n) is 1.12. The van der Waals surface area contributed by atoms with Crippen LogP contribution >= 0.6 is 12.9 Å². The Kier molecular flexibility index (Phi) is 15.5. The zero-order valence-electron chi connectivity index (χ0n) is 5.42. The van der Waals surface area contributed by atoms with E-state index in [1.165, 1.54) is 0 Å². The van der Waals surface area contributed by atoms with E-state index in [0.717, 1.165) is 0 Å². The topological polar surface area (TPSA) is 46.5 Å². The van der Waals surface area contributed by atoms with Gasteiger partial charge >= 0.3 is 37.0 Å². The van der Waals surface area contributed by atoms with Crippen LogP contribution in [0.2, 0.25) is 9.88 Å². The van der Waals surface area contributed by atoms with Crippen molar-refractivity contribution in [3.63, 3.8) is 0 Å². The monoisotopic (exact) mass is 258 g/mol. The first-order valence-corrected chi connectivity index (χ1v) is 8.33. The number of carbonyl (C=O) groups excluding carboxylic acids is 1. The first kappa shape index (κ1) is 12.3. The Morgan fingerprint density at radius 2 is 2.11 bits per heavy atom. The van der Waals surface area contributed by atoms with E-state index in [4.69, 9.17) is 5.11 Å². The summed E-state index contributed by atoms with van der Waals surface area (Å²) >= 11 is 3.32. The molecule has 0 heterocycles. The zero-order chi connectivity index (χ0) is 7.70. The van der Waals surface area contributed by atoms with Gasteiger partial charge in [0.15, 0.2) is 0 Å². The Morgan fingerprint density at radius 1 is 1.78 bits per heavy atom. The summed E-state index contributed by atoms with van der Waals surface area (Å²) in [4.78, 5) is 14.2. The molecular weight excluding hydrogens is 247 g/mol. The van der Waals surface area contributed by atoms with Crippen molar-refractivity contribution in [2.75, 3.05) is 6.61 Å². The van der Waals surface area contributed by atoms with E-state index in [1.54, 1.807) is 0 Å². The van der Waals surface area contributed by atoms with Gasteiger partial charge in [-0.05, 0) is 0 Å². The molecule has 0 atom stereocenters. The molecule has 0 fully saturated rings. The molecule has 0 rings (SSSR count). The number of hydrogen-bond donors (Lipinski definition) is 2. The molecule has 3 nitrogen and oxygen atoms in total. The van der Waals surface area contributed by atoms with Gasteiger partial charge in [0, 0.05) is 12.9 Å². The van der Waals surface area contributed by atoms with Gasteiger partial charge in [0.25, 0.3) is 0 Å². The minimum absolute atomic E-state index is 0.230. The fourth-order valence-electron chi connectivity index (χ4n) is 0.0289. The molecule has 1 N–H and O–H groups in total. The quantitative estimate of drug-likeness (QED) is 0.399. The molecule has 0 aliphatic carbocycles. The van der Waals surface area contributed by atoms with Crippen LogP contribution in [0.4, 0.5) is 0 Å². The molecule has 0 aliphatic rings. The molecule has 0 saturated heterocycles. The van der Waals surface area contributed by atoms with Crippen LogP contribution in [0.5, 0.6) is 0 Å². The van der Waals surface area contributed by atoms with Gasteiger partial charge in [0.2, 0.25) is 0 Å². The van der Waals surface area contributed by atoms with Crippen LogP contribution in [0.15, 0.2) is 0 Å². The van der Waals surface area contributed by atoms with Gasteiger partial charge < -0.3 is 9.29 Å². The van der Waals surface area contributed by atoms with E-state index in [-0.39, 0.29) is 21.1 Å². The average Bonchev–Trinajstić information content (AvgIpc) is 1.88. The SMILES string of the molecule is O=C(CO)OS.[CH3][Sn+2][CH3]. The van der Waals surface area contributed by atoms with Crippen LogP contribution in [0, 0.1) is 0 Å². The fourth-order valence-corrected chi connectivity index (χ4v) is 0.0866. The van der Waals surface area contributed by atoms with E-state index in [9.17, 15) is 4.79 Å². The summed E-state index contributed by atoms with van der Waals surface area (Å²) in [5.41, 5.74) is 0. The molecule has 0 bridgehead atoms. The molecule has 0 aliphatic heterocycles. The Balaban J connectivity index is 0. The molecule has 9 heavy (non-hydrogen) atoms. The van der Waals surface area contributed by atoms with E-state index < -0.39 is 12.6 Å². The van der Waals surface area contributed by atoms with Gasteiger partial charge in [-0.25, -0.2) is 4.79 Å². The Bertz CT molecular complexity index is 62.8. The van der Waals surface area contributed by atoms with Crippen LogP contribution in [0.25, 0.3) is 0 Å². The third-order valence-corrected chi connectivity index (χ3v) is 0.435. The summed E-state index contributed by atoms with van der Waals surface area (Å²) in [6, 6.07) is 0. The predicted octanol–water partition coefficient (Wildman–Crippen LogP) is 0.153. The van der Waals surface area contributed by atoms with E-state index in [0.29, 0.717) is 0 Å². The van der Waals surface area contributed by atoms with Gasteiger partial charge in [-0.2, -0.15) is 0 Å². The van der Waals surface area contributed by atoms with Crippen molar-refractivity contribution < 1.29 is 14.1 Å². The van der Waals surface area contributed by atoms with Gasteiger partial charge in [0.05, 0.1) is 0 Å². The molecule has 0 amide bonds. The van der Waals surface area contributed by atoms with Crippen molar-refractivity contribution in [2.45, 2.75) is 9.88 Å². The van der Waals surface area contributed by atoms with Crippen LogP contribution in [0.1, 0.15) is 0 Å². The molecule has 0 aromatic carbocycles. The molecular formula is C4H10O3SSn+2. The predicted molar refractivity (Wildman–Crippen MR) is 39.6 cm³/mol. The van der Waals surface area contributed by atoms with Crippen molar-refractivity contribution in [3.8, 4) is 0 Å². The normalized spacial score (nSPS) is 6.22. The minimum atomic E-state index is -0.738. The number of carbonyl (C=O) groups is 1. The molecule has 0 spiro atoms. The van der Waals surface area contributed by atoms with Gasteiger partial charge in [-0.3, -0.25) is 0 Å². The summed E-state index contributed by atoms with van der Waals surface area (Å²) in [6.07, 6.45) is 0. The van der Waals surface area contributed by atoms with Gasteiger partial charge in [-0.15, -0.1) is 0 Å². The molecule has 0 radical (unpaired) electrons. The number of aliphatic hydroxyl groups is 1. The third-order valence-electron chi connectivity index (χ3n) is 0.231. The molecule has 0 unspecified atom stereocenters. The summed E-state index contributed by atoms with van der Waals surface area (Å²) in [6.45, 7) is -0.608. The first-order chi connectivity index (χ1) is 4.22. The number of hydrogen-bond acceptors (Lipinski definition) is 4. The van der Waals surface area contributed by atoms with Crippen LogP contribution < -0.4 is 0 Å². The van der Waals surface area contributed by atoms with Crippen LogP contribution in [0.3, 0.4) is 0 Å². The Hall–Kier alpha value is 0.579. The molecule has 52 valence electrons. The van der Waals surface area contributed by atoms with Crippen LogP contribution in [-0.4, -0.2) is 38.8 Å². The standard InChI is InChI=1S/C2H4O3S.2CH3.Sn/c3-1-2(4)5-6;;;/h3,6H,1H2;2*1H3;/q;;;+2. The van der Waals surface area contributed by atoms with Gasteiger partial charge in [0.1, 0.15) is 6.61 Å². The summed E-state index contributed by atoms with van der Waals surface area (Å²) in [5.74, 6) is -0.738. The second-order valence-corrected chi connectivity index (χ2v) is 4.16. The van der Waals surface area contributed by atoms with Crippen molar-refractivity contribution in [1.82, 2.24) is 0 Å². The van der Waals surface area contributed by atoms with Crippen molar-refractivity contribution in [3.05, 3.63) is 0 Å². The van der Waals surface area contributed by atoms with Gasteiger partial charge in [-0.1, -0.05) is 0 Å². The number of rotatable bonds is 1. The van der Waals surface area contributed by atoms with E-state index in [2.05, 4.69) is 27.0 Å². The van der Waals surface area contributed by atoms with Crippen molar-refractivity contribution in [1.29, 1.82) is 0 Å². The fraction of sp³-hybridized carbons (Fsp3) is 0.750. The Labute approximate surface area is 70.6 Å². The third kappa shape index (κ3) is 17.7. The molecule has 0 aromatic heterocycles. The van der Waals surface area contributed by atoms with Crippen molar-refractivity contribution in [2.24, 2.45) is 0 Å². The summed E-state index contributed by atoms with van der Waals surface area (Å²) in [5, 5.41) is 7.81. The van der Waals surface area contributed by atoms with Crippen LogP contribution in [-0.2, 0) is 8.98 Å². The average molecular weight is 257 g/mol. The number of thiol groups is 1. The molecule has 0 saturated carbocycles. The maximum absolute atomic E-state index is 9.63. The van der Waals surface area contributed by atoms with E-state index >= 15 is 0 Å². The summed E-state index contributed by atoms with van der Waals surface area (Å²) in [7, 11) is 0. The maximum atomic E-state index is 9.63. The first-order valence-electron chi connectivity index (χ1n) is 2.26. The number of aliphatic hydroxyl groups excluding tert-OH is 1. The van der Waals surface area contributed by atoms with Crippen molar-refractivity contribution >= 4 is 40.0 Å². The zero-order valence-corrected chi connectivity index (χ0v) is 9.17.